The van der Waals surface area contributed by atoms with Gasteiger partial charge >= 0.3 is 6.18 Å². The summed E-state index contributed by atoms with van der Waals surface area (Å²) < 4.78 is 65.5. The first-order valence-electron chi connectivity index (χ1n) is 11.4. The Bertz CT molecular complexity index is 1180. The SMILES string of the molecule is CCC(C(=O)NC(C)C)N(Cc1ccccc1C)C(=O)CN(c1cccc(C(F)(F)F)c1)S(C)(=O)=O. The standard InChI is InChI=1S/C25H32F3N3O4S/c1-6-22(24(33)29-17(2)3)30(15-19-11-8-7-10-18(19)4)23(32)16-31(36(5,34)35)21-13-9-12-20(14-21)25(26,27)28/h7-14,17,22H,6,15-16H2,1-5H3,(H,29,33). The summed E-state index contributed by atoms with van der Waals surface area (Å²) >= 11 is 0. The van der Waals surface area contributed by atoms with Crippen molar-refractivity contribution >= 4 is 27.5 Å². The van der Waals surface area contributed by atoms with E-state index in [4.69, 9.17) is 0 Å². The molecule has 7 nitrogen and oxygen atoms in total. The van der Waals surface area contributed by atoms with E-state index in [0.29, 0.717) is 10.4 Å². The molecule has 2 aromatic carbocycles. The molecule has 1 unspecified atom stereocenters. The van der Waals surface area contributed by atoms with Gasteiger partial charge in [0.1, 0.15) is 12.6 Å². The number of carbonyl (C=O) groups is 2. The van der Waals surface area contributed by atoms with Crippen LogP contribution in [-0.4, -0.2) is 50.0 Å². The molecular formula is C25H32F3N3O4S. The summed E-state index contributed by atoms with van der Waals surface area (Å²) in [5.41, 5.74) is 0.288. The van der Waals surface area contributed by atoms with Gasteiger partial charge in [0.15, 0.2) is 0 Å². The first-order chi connectivity index (χ1) is 16.6. The molecule has 0 aliphatic heterocycles. The largest absolute Gasteiger partial charge is 0.416 e. The van der Waals surface area contributed by atoms with Crippen molar-refractivity contribution in [2.24, 2.45) is 0 Å². The average molecular weight is 528 g/mol. The molecule has 0 heterocycles. The van der Waals surface area contributed by atoms with E-state index < -0.39 is 46.2 Å². The number of sulfonamides is 1. The van der Waals surface area contributed by atoms with E-state index in [1.165, 1.54) is 11.0 Å². The second kappa shape index (κ2) is 11.8. The van der Waals surface area contributed by atoms with E-state index in [9.17, 15) is 31.2 Å². The number of nitrogens with zero attached hydrogens (tertiary/aromatic N) is 2. The number of alkyl halides is 3. The molecule has 11 heteroatoms. The minimum atomic E-state index is -4.69. The Labute approximate surface area is 210 Å². The fourth-order valence-corrected chi connectivity index (χ4v) is 4.56. The minimum absolute atomic E-state index is 0.0235. The molecule has 36 heavy (non-hydrogen) atoms. The number of hydrogen-bond acceptors (Lipinski definition) is 4. The van der Waals surface area contributed by atoms with Gasteiger partial charge in [0.25, 0.3) is 0 Å². The monoisotopic (exact) mass is 527 g/mol. The summed E-state index contributed by atoms with van der Waals surface area (Å²) in [5, 5.41) is 2.78. The third-order valence-electron chi connectivity index (χ3n) is 5.56. The zero-order valence-corrected chi connectivity index (χ0v) is 21.8. The molecule has 0 spiro atoms. The molecule has 1 atom stereocenters. The molecule has 0 aliphatic rings. The van der Waals surface area contributed by atoms with Crippen molar-refractivity contribution in [1.29, 1.82) is 0 Å². The van der Waals surface area contributed by atoms with Crippen LogP contribution in [0.5, 0.6) is 0 Å². The number of carbonyl (C=O) groups excluding carboxylic acids is 2. The molecule has 2 amide bonds. The number of nitrogens with one attached hydrogen (secondary N) is 1. The van der Waals surface area contributed by atoms with Gasteiger partial charge in [0.2, 0.25) is 21.8 Å². The molecule has 0 radical (unpaired) electrons. The molecule has 2 rings (SSSR count). The maximum absolute atomic E-state index is 13.6. The summed E-state index contributed by atoms with van der Waals surface area (Å²) in [4.78, 5) is 27.8. The second-order valence-corrected chi connectivity index (χ2v) is 10.8. The average Bonchev–Trinajstić information content (AvgIpc) is 2.76. The lowest BCUT2D eigenvalue weighted by Crippen LogP contribution is -2.53. The Morgan fingerprint density at radius 2 is 1.69 bits per heavy atom. The van der Waals surface area contributed by atoms with Crippen molar-refractivity contribution in [3.8, 4) is 0 Å². The van der Waals surface area contributed by atoms with Crippen molar-refractivity contribution in [2.45, 2.75) is 58.9 Å². The number of aryl methyl sites for hydroxylation is 1. The number of anilines is 1. The highest BCUT2D eigenvalue weighted by molar-refractivity contribution is 7.92. The maximum Gasteiger partial charge on any atom is 0.416 e. The van der Waals surface area contributed by atoms with Gasteiger partial charge in [0, 0.05) is 12.6 Å². The van der Waals surface area contributed by atoms with Crippen LogP contribution in [-0.2, 0) is 32.3 Å². The van der Waals surface area contributed by atoms with Crippen LogP contribution in [0.4, 0.5) is 18.9 Å². The van der Waals surface area contributed by atoms with Crippen LogP contribution in [0.1, 0.15) is 43.9 Å². The third-order valence-corrected chi connectivity index (χ3v) is 6.70. The molecule has 0 fully saturated rings. The summed E-state index contributed by atoms with van der Waals surface area (Å²) in [6.07, 6.45) is -3.63. The van der Waals surface area contributed by atoms with Gasteiger partial charge < -0.3 is 10.2 Å². The normalized spacial score (nSPS) is 12.8. The Hall–Kier alpha value is -3.08. The van der Waals surface area contributed by atoms with Gasteiger partial charge in [-0.05, 0) is 56.5 Å². The molecular weight excluding hydrogens is 495 g/mol. The van der Waals surface area contributed by atoms with Crippen LogP contribution >= 0.6 is 0 Å². The first kappa shape index (κ1) is 29.2. The molecule has 198 valence electrons. The van der Waals surface area contributed by atoms with Crippen molar-refractivity contribution in [3.63, 3.8) is 0 Å². The highest BCUT2D eigenvalue weighted by Gasteiger charge is 2.34. The Morgan fingerprint density at radius 1 is 1.06 bits per heavy atom. The lowest BCUT2D eigenvalue weighted by atomic mass is 10.1. The van der Waals surface area contributed by atoms with E-state index in [0.717, 1.165) is 29.5 Å². The van der Waals surface area contributed by atoms with Crippen LogP contribution in [0, 0.1) is 6.92 Å². The van der Waals surface area contributed by atoms with Crippen molar-refractivity contribution in [2.75, 3.05) is 17.1 Å². The van der Waals surface area contributed by atoms with E-state index in [-0.39, 0.29) is 24.7 Å². The number of benzene rings is 2. The van der Waals surface area contributed by atoms with Gasteiger partial charge in [0.05, 0.1) is 17.5 Å². The summed E-state index contributed by atoms with van der Waals surface area (Å²) in [5.74, 6) is -1.12. The smallest absolute Gasteiger partial charge is 0.352 e. The first-order valence-corrected chi connectivity index (χ1v) is 13.3. The molecule has 2 aromatic rings. The van der Waals surface area contributed by atoms with Gasteiger partial charge in [-0.1, -0.05) is 37.3 Å². The van der Waals surface area contributed by atoms with E-state index in [2.05, 4.69) is 5.32 Å². The topological polar surface area (TPSA) is 86.8 Å². The van der Waals surface area contributed by atoms with Crippen molar-refractivity contribution in [1.82, 2.24) is 10.2 Å². The van der Waals surface area contributed by atoms with Crippen LogP contribution in [0.25, 0.3) is 0 Å². The third kappa shape index (κ3) is 7.71. The van der Waals surface area contributed by atoms with Crippen LogP contribution in [0.15, 0.2) is 48.5 Å². The van der Waals surface area contributed by atoms with Crippen molar-refractivity contribution in [3.05, 3.63) is 65.2 Å². The van der Waals surface area contributed by atoms with Gasteiger partial charge in [-0.3, -0.25) is 13.9 Å². The predicted molar refractivity (Wildman–Crippen MR) is 133 cm³/mol. The Kier molecular flexibility index (Phi) is 9.53. The fraction of sp³-hybridized carbons (Fsp3) is 0.440. The molecule has 0 bridgehead atoms. The number of halogens is 3. The summed E-state index contributed by atoms with van der Waals surface area (Å²) in [6.45, 7) is 6.38. The molecule has 0 saturated carbocycles. The Morgan fingerprint density at radius 3 is 2.22 bits per heavy atom. The van der Waals surface area contributed by atoms with Gasteiger partial charge in [-0.15, -0.1) is 0 Å². The summed E-state index contributed by atoms with van der Waals surface area (Å²) in [7, 11) is -4.14. The molecule has 0 aliphatic carbocycles. The molecule has 0 saturated heterocycles. The quantitative estimate of drug-likeness (QED) is 0.504. The van der Waals surface area contributed by atoms with Crippen molar-refractivity contribution < 1.29 is 31.2 Å². The zero-order valence-electron chi connectivity index (χ0n) is 21.0. The fourth-order valence-electron chi connectivity index (χ4n) is 3.72. The lowest BCUT2D eigenvalue weighted by Gasteiger charge is -2.33. The van der Waals surface area contributed by atoms with Gasteiger partial charge in [-0.25, -0.2) is 8.42 Å². The molecule has 0 aromatic heterocycles. The number of hydrogen-bond donors (Lipinski definition) is 1. The van der Waals surface area contributed by atoms with Crippen LogP contribution in [0.3, 0.4) is 0 Å². The lowest BCUT2D eigenvalue weighted by molar-refractivity contribution is -0.140. The second-order valence-electron chi connectivity index (χ2n) is 8.85. The predicted octanol–water partition coefficient (Wildman–Crippen LogP) is 4.11. The van der Waals surface area contributed by atoms with E-state index >= 15 is 0 Å². The van der Waals surface area contributed by atoms with Crippen LogP contribution < -0.4 is 9.62 Å². The van der Waals surface area contributed by atoms with Crippen LogP contribution in [0.2, 0.25) is 0 Å². The van der Waals surface area contributed by atoms with Gasteiger partial charge in [-0.2, -0.15) is 13.2 Å². The summed E-state index contributed by atoms with van der Waals surface area (Å²) in [6, 6.07) is 9.92. The van der Waals surface area contributed by atoms with E-state index in [1.807, 2.05) is 19.1 Å². The Balaban J connectivity index is 2.51. The minimum Gasteiger partial charge on any atom is -0.352 e. The number of amides is 2. The zero-order chi connectivity index (χ0) is 27.3. The maximum atomic E-state index is 13.6. The highest BCUT2D eigenvalue weighted by atomic mass is 32.2. The molecule has 1 N–H and O–H groups in total. The van der Waals surface area contributed by atoms with E-state index in [1.54, 1.807) is 32.9 Å². The highest BCUT2D eigenvalue weighted by Crippen LogP contribution is 2.32. The number of rotatable bonds is 10.